The Morgan fingerprint density at radius 3 is 2.75 bits per heavy atom. The molecule has 2 N–H and O–H groups in total. The van der Waals surface area contributed by atoms with Crippen LogP contribution in [0.4, 0.5) is 5.82 Å². The zero-order chi connectivity index (χ0) is 11.5. The van der Waals surface area contributed by atoms with Crippen molar-refractivity contribution in [1.29, 1.82) is 0 Å². The molecule has 0 aliphatic heterocycles. The van der Waals surface area contributed by atoms with Crippen LogP contribution in [-0.4, -0.2) is 9.97 Å². The van der Waals surface area contributed by atoms with Crippen LogP contribution in [0.2, 0.25) is 5.02 Å². The predicted octanol–water partition coefficient (Wildman–Crippen LogP) is 2.81. The van der Waals surface area contributed by atoms with Crippen LogP contribution in [0.5, 0.6) is 11.6 Å². The van der Waals surface area contributed by atoms with Crippen molar-refractivity contribution >= 4 is 17.4 Å². The van der Waals surface area contributed by atoms with Gasteiger partial charge in [0.25, 0.3) is 0 Å². The van der Waals surface area contributed by atoms with Crippen LogP contribution in [0.15, 0.2) is 30.6 Å². The molecule has 0 amide bonds. The lowest BCUT2D eigenvalue weighted by atomic mass is 10.2. The summed E-state index contributed by atoms with van der Waals surface area (Å²) < 4.78 is 5.56. The molecule has 1 heterocycles. The highest BCUT2D eigenvalue weighted by atomic mass is 35.5. The first kappa shape index (κ1) is 10.7. The van der Waals surface area contributed by atoms with Crippen LogP contribution in [0, 0.1) is 6.92 Å². The van der Waals surface area contributed by atoms with Crippen molar-refractivity contribution in [2.45, 2.75) is 6.92 Å². The fourth-order valence-electron chi connectivity index (χ4n) is 1.25. The number of hydrogen-bond donors (Lipinski definition) is 1. The number of nitrogens with two attached hydrogens (primary N) is 1. The Labute approximate surface area is 98.0 Å². The number of aryl methyl sites for hydroxylation is 1. The standard InChI is InChI=1S/C11H10ClN3O/c1-7-4-8(12)2-3-9(7)16-11-5-10(13)14-6-15-11/h2-6H,1H3,(H2,13,14,15). The SMILES string of the molecule is Cc1cc(Cl)ccc1Oc1cc(N)ncn1. The minimum atomic E-state index is 0.372. The van der Waals surface area contributed by atoms with Gasteiger partial charge in [-0.15, -0.1) is 0 Å². The molecule has 82 valence electrons. The smallest absolute Gasteiger partial charge is 0.224 e. The molecule has 0 fully saturated rings. The Bertz CT molecular complexity index is 516. The number of benzene rings is 1. The van der Waals surface area contributed by atoms with Gasteiger partial charge in [-0.2, -0.15) is 0 Å². The van der Waals surface area contributed by atoms with Crippen molar-refractivity contribution < 1.29 is 4.74 Å². The van der Waals surface area contributed by atoms with Crippen molar-refractivity contribution in [1.82, 2.24) is 9.97 Å². The summed E-state index contributed by atoms with van der Waals surface area (Å²) in [5, 5.41) is 0.673. The number of aromatic nitrogens is 2. The van der Waals surface area contributed by atoms with E-state index in [9.17, 15) is 0 Å². The first-order chi connectivity index (χ1) is 7.65. The number of hydrogen-bond acceptors (Lipinski definition) is 4. The van der Waals surface area contributed by atoms with E-state index < -0.39 is 0 Å². The van der Waals surface area contributed by atoms with E-state index in [0.29, 0.717) is 22.5 Å². The van der Waals surface area contributed by atoms with E-state index in [1.165, 1.54) is 6.33 Å². The molecule has 1 aromatic carbocycles. The summed E-state index contributed by atoms with van der Waals surface area (Å²) in [6.45, 7) is 1.91. The van der Waals surface area contributed by atoms with Gasteiger partial charge in [0.1, 0.15) is 17.9 Å². The molecule has 0 atom stereocenters. The van der Waals surface area contributed by atoms with Gasteiger partial charge in [0.05, 0.1) is 0 Å². The number of halogens is 1. The average molecular weight is 236 g/mol. The fourth-order valence-corrected chi connectivity index (χ4v) is 1.48. The summed E-state index contributed by atoms with van der Waals surface area (Å²) in [6.07, 6.45) is 1.36. The van der Waals surface area contributed by atoms with Crippen LogP contribution in [0.1, 0.15) is 5.56 Å². The van der Waals surface area contributed by atoms with E-state index in [4.69, 9.17) is 22.1 Å². The lowest BCUT2D eigenvalue weighted by molar-refractivity contribution is 0.458. The normalized spacial score (nSPS) is 10.1. The summed E-state index contributed by atoms with van der Waals surface area (Å²) in [5.74, 6) is 1.48. The summed E-state index contributed by atoms with van der Waals surface area (Å²) in [7, 11) is 0. The Balaban J connectivity index is 2.27. The number of ether oxygens (including phenoxy) is 1. The van der Waals surface area contributed by atoms with E-state index in [1.807, 2.05) is 13.0 Å². The maximum atomic E-state index is 5.84. The maximum absolute atomic E-state index is 5.84. The number of nitrogen functional groups attached to an aromatic ring is 1. The monoisotopic (exact) mass is 235 g/mol. The van der Waals surface area contributed by atoms with Crippen LogP contribution in [0.3, 0.4) is 0 Å². The lowest BCUT2D eigenvalue weighted by Gasteiger charge is -2.07. The summed E-state index contributed by atoms with van der Waals surface area (Å²) >= 11 is 5.84. The molecule has 0 aliphatic carbocycles. The first-order valence-electron chi connectivity index (χ1n) is 4.66. The van der Waals surface area contributed by atoms with E-state index >= 15 is 0 Å². The second-order valence-corrected chi connectivity index (χ2v) is 3.73. The molecule has 0 unspecified atom stereocenters. The molecular formula is C11H10ClN3O. The molecule has 0 spiro atoms. The van der Waals surface area contributed by atoms with Gasteiger partial charge in [-0.1, -0.05) is 11.6 Å². The third kappa shape index (κ3) is 2.41. The van der Waals surface area contributed by atoms with Gasteiger partial charge in [0, 0.05) is 11.1 Å². The molecule has 4 nitrogen and oxygen atoms in total. The third-order valence-corrected chi connectivity index (χ3v) is 2.25. The molecule has 16 heavy (non-hydrogen) atoms. The largest absolute Gasteiger partial charge is 0.439 e. The molecule has 2 aromatic rings. The van der Waals surface area contributed by atoms with E-state index in [-0.39, 0.29) is 0 Å². The molecule has 0 saturated carbocycles. The molecule has 0 saturated heterocycles. The topological polar surface area (TPSA) is 61.0 Å². The molecule has 0 bridgehead atoms. The summed E-state index contributed by atoms with van der Waals surface area (Å²) in [6, 6.07) is 6.93. The third-order valence-electron chi connectivity index (χ3n) is 2.01. The Kier molecular flexibility index (Phi) is 2.92. The molecule has 0 radical (unpaired) electrons. The quantitative estimate of drug-likeness (QED) is 0.870. The highest BCUT2D eigenvalue weighted by molar-refractivity contribution is 6.30. The second-order valence-electron chi connectivity index (χ2n) is 3.29. The first-order valence-corrected chi connectivity index (χ1v) is 5.04. The van der Waals surface area contributed by atoms with Gasteiger partial charge >= 0.3 is 0 Å². The van der Waals surface area contributed by atoms with E-state index in [2.05, 4.69) is 9.97 Å². The second kappa shape index (κ2) is 4.37. The number of rotatable bonds is 2. The number of nitrogens with zero attached hydrogens (tertiary/aromatic N) is 2. The molecule has 0 aliphatic rings. The predicted molar refractivity (Wildman–Crippen MR) is 62.7 cm³/mol. The van der Waals surface area contributed by atoms with Gasteiger partial charge in [-0.25, -0.2) is 9.97 Å². The average Bonchev–Trinajstić information content (AvgIpc) is 2.22. The fraction of sp³-hybridized carbons (Fsp3) is 0.0909. The van der Waals surface area contributed by atoms with E-state index in [1.54, 1.807) is 18.2 Å². The molecule has 5 heteroatoms. The van der Waals surface area contributed by atoms with Crippen molar-refractivity contribution in [3.8, 4) is 11.6 Å². The van der Waals surface area contributed by atoms with Crippen molar-refractivity contribution in [3.63, 3.8) is 0 Å². The Morgan fingerprint density at radius 1 is 1.25 bits per heavy atom. The zero-order valence-corrected chi connectivity index (χ0v) is 9.40. The minimum absolute atomic E-state index is 0.372. The van der Waals surface area contributed by atoms with Crippen LogP contribution >= 0.6 is 11.6 Å². The van der Waals surface area contributed by atoms with Crippen LogP contribution in [-0.2, 0) is 0 Å². The maximum Gasteiger partial charge on any atom is 0.224 e. The van der Waals surface area contributed by atoms with Crippen molar-refractivity contribution in [3.05, 3.63) is 41.2 Å². The van der Waals surface area contributed by atoms with Gasteiger partial charge in [-0.05, 0) is 30.7 Å². The van der Waals surface area contributed by atoms with Gasteiger partial charge in [-0.3, -0.25) is 0 Å². The summed E-state index contributed by atoms with van der Waals surface area (Å²) in [4.78, 5) is 7.74. The molecule has 1 aromatic heterocycles. The van der Waals surface area contributed by atoms with E-state index in [0.717, 1.165) is 5.56 Å². The van der Waals surface area contributed by atoms with Crippen molar-refractivity contribution in [2.75, 3.05) is 5.73 Å². The van der Waals surface area contributed by atoms with Gasteiger partial charge in [0.2, 0.25) is 5.88 Å². The highest BCUT2D eigenvalue weighted by Gasteiger charge is 2.03. The molecule has 2 rings (SSSR count). The molecular weight excluding hydrogens is 226 g/mol. The highest BCUT2D eigenvalue weighted by Crippen LogP contribution is 2.26. The Morgan fingerprint density at radius 2 is 2.06 bits per heavy atom. The van der Waals surface area contributed by atoms with Crippen molar-refractivity contribution in [2.24, 2.45) is 0 Å². The van der Waals surface area contributed by atoms with Gasteiger partial charge in [0.15, 0.2) is 0 Å². The Hall–Kier alpha value is -1.81. The van der Waals surface area contributed by atoms with Crippen LogP contribution < -0.4 is 10.5 Å². The number of anilines is 1. The summed E-state index contributed by atoms with van der Waals surface area (Å²) in [5.41, 5.74) is 6.46. The lowest BCUT2D eigenvalue weighted by Crippen LogP contribution is -1.94. The van der Waals surface area contributed by atoms with Gasteiger partial charge < -0.3 is 10.5 Å². The minimum Gasteiger partial charge on any atom is -0.439 e. The zero-order valence-electron chi connectivity index (χ0n) is 8.64. The van der Waals surface area contributed by atoms with Crippen LogP contribution in [0.25, 0.3) is 0 Å².